The van der Waals surface area contributed by atoms with Crippen LogP contribution in [0.3, 0.4) is 0 Å². The average Bonchev–Trinajstić information content (AvgIpc) is 2.71. The summed E-state index contributed by atoms with van der Waals surface area (Å²) in [6.07, 6.45) is -3.85. The lowest BCUT2D eigenvalue weighted by Crippen LogP contribution is -2.44. The maximum Gasteiger partial charge on any atom is 0.416 e. The van der Waals surface area contributed by atoms with Crippen molar-refractivity contribution in [3.63, 3.8) is 0 Å². The molecule has 0 bridgehead atoms. The number of Topliss-reactive ketones (excluding diaryl/α,β-unsaturated/α-hetero) is 1. The fourth-order valence-electron chi connectivity index (χ4n) is 4.58. The van der Waals surface area contributed by atoms with Crippen LogP contribution in [0.15, 0.2) is 40.5 Å². The quantitative estimate of drug-likeness (QED) is 0.484. The number of ether oxygens (including phenoxy) is 2. The zero-order chi connectivity index (χ0) is 24.4. The van der Waals surface area contributed by atoms with E-state index in [2.05, 4.69) is 4.99 Å². The third kappa shape index (κ3) is 5.52. The molecule has 1 fully saturated rings. The first kappa shape index (κ1) is 25.1. The van der Waals surface area contributed by atoms with E-state index in [9.17, 15) is 22.8 Å². The van der Waals surface area contributed by atoms with Gasteiger partial charge in [-0.1, -0.05) is 32.0 Å². The molecule has 180 valence electrons. The number of hydrogen-bond acceptors (Lipinski definition) is 6. The second kappa shape index (κ2) is 9.77. The first-order chi connectivity index (χ1) is 15.5. The van der Waals surface area contributed by atoms with Gasteiger partial charge in [-0.25, -0.2) is 4.79 Å². The normalized spacial score (nSPS) is 22.6. The van der Waals surface area contributed by atoms with Gasteiger partial charge < -0.3 is 15.2 Å². The van der Waals surface area contributed by atoms with Gasteiger partial charge in [0.25, 0.3) is 0 Å². The molecular formula is C24H29F3N2O4. The summed E-state index contributed by atoms with van der Waals surface area (Å²) in [5, 5.41) is 0. The van der Waals surface area contributed by atoms with Crippen LogP contribution in [0.4, 0.5) is 13.2 Å². The second-order valence-electron chi connectivity index (χ2n) is 9.09. The Hall–Kier alpha value is -2.52. The maximum absolute atomic E-state index is 13.5. The van der Waals surface area contributed by atoms with Crippen molar-refractivity contribution >= 4 is 17.5 Å². The van der Waals surface area contributed by atoms with Gasteiger partial charge in [-0.15, -0.1) is 0 Å². The summed E-state index contributed by atoms with van der Waals surface area (Å²) < 4.78 is 51.2. The molecule has 1 heterocycles. The van der Waals surface area contributed by atoms with Crippen LogP contribution in [-0.2, 0) is 25.2 Å². The number of alkyl halides is 3. The van der Waals surface area contributed by atoms with E-state index in [4.69, 9.17) is 15.2 Å². The van der Waals surface area contributed by atoms with E-state index in [0.717, 1.165) is 12.1 Å². The third-order valence-corrected chi connectivity index (χ3v) is 5.82. The van der Waals surface area contributed by atoms with Crippen molar-refractivity contribution in [2.45, 2.75) is 45.7 Å². The predicted octanol–water partition coefficient (Wildman–Crippen LogP) is 4.04. The van der Waals surface area contributed by atoms with E-state index >= 15 is 0 Å². The summed E-state index contributed by atoms with van der Waals surface area (Å²) in [6, 6.07) is 4.76. The number of rotatable bonds is 7. The van der Waals surface area contributed by atoms with E-state index < -0.39 is 29.5 Å². The van der Waals surface area contributed by atoms with Crippen LogP contribution >= 0.6 is 0 Å². The lowest BCUT2D eigenvalue weighted by Gasteiger charge is -2.41. The van der Waals surface area contributed by atoms with Crippen molar-refractivity contribution < 1.29 is 32.2 Å². The Morgan fingerprint density at radius 3 is 2.61 bits per heavy atom. The number of benzene rings is 1. The number of nitrogens with zero attached hydrogens (tertiary/aromatic N) is 1. The highest BCUT2D eigenvalue weighted by molar-refractivity contribution is 6.12. The molecule has 0 spiro atoms. The Bertz CT molecular complexity index is 982. The number of aliphatic imine (C=N–C) groups is 1. The highest BCUT2D eigenvalue weighted by atomic mass is 19.4. The van der Waals surface area contributed by atoms with Crippen molar-refractivity contribution in [1.82, 2.24) is 0 Å². The second-order valence-corrected chi connectivity index (χ2v) is 9.09. The number of ketones is 1. The van der Waals surface area contributed by atoms with Gasteiger partial charge in [-0.2, -0.15) is 13.2 Å². The Balaban J connectivity index is 2.22. The van der Waals surface area contributed by atoms with Crippen molar-refractivity contribution in [3.05, 3.63) is 46.7 Å². The molecule has 1 aliphatic heterocycles. The smallest absolute Gasteiger partial charge is 0.416 e. The molecular weight excluding hydrogens is 437 g/mol. The predicted molar refractivity (Wildman–Crippen MR) is 117 cm³/mol. The van der Waals surface area contributed by atoms with Gasteiger partial charge in [0.2, 0.25) is 0 Å². The Labute approximate surface area is 191 Å². The molecule has 2 N–H and O–H groups in total. The summed E-state index contributed by atoms with van der Waals surface area (Å²) >= 11 is 0. The molecule has 1 aromatic carbocycles. The first-order valence-corrected chi connectivity index (χ1v) is 10.9. The summed E-state index contributed by atoms with van der Waals surface area (Å²) in [5.41, 5.74) is 5.40. The maximum atomic E-state index is 13.5. The largest absolute Gasteiger partial charge is 0.463 e. The number of hydrogen-bond donors (Lipinski definition) is 1. The SMILES string of the molecule is CCOC(=O)C1=C(COCCN)N=C2CC(C)(C)CC(=O)C2C1c1cccc(C(F)(F)F)c1. The van der Waals surface area contributed by atoms with Crippen LogP contribution in [0.2, 0.25) is 0 Å². The molecule has 1 aromatic rings. The van der Waals surface area contributed by atoms with E-state index in [1.165, 1.54) is 12.1 Å². The minimum atomic E-state index is -4.57. The molecule has 0 amide bonds. The fraction of sp³-hybridized carbons (Fsp3) is 0.542. The lowest BCUT2D eigenvalue weighted by molar-refractivity contribution is -0.139. The van der Waals surface area contributed by atoms with Crippen molar-refractivity contribution in [2.24, 2.45) is 22.1 Å². The van der Waals surface area contributed by atoms with Crippen LogP contribution in [0, 0.1) is 11.3 Å². The van der Waals surface area contributed by atoms with Crippen molar-refractivity contribution in [3.8, 4) is 0 Å². The molecule has 1 aliphatic carbocycles. The van der Waals surface area contributed by atoms with Gasteiger partial charge in [0.1, 0.15) is 5.78 Å². The Morgan fingerprint density at radius 1 is 1.24 bits per heavy atom. The van der Waals surface area contributed by atoms with Crippen LogP contribution < -0.4 is 5.73 Å². The standard InChI is InChI=1S/C24H29F3N2O4/c1-4-33-22(31)21-17(13-32-9-8-28)29-16-11-23(2,3)12-18(30)20(16)19(21)14-6-5-7-15(10-14)24(25,26)27/h5-7,10,19-20H,4,8-9,11-13,28H2,1-3H3. The van der Waals surface area contributed by atoms with E-state index in [1.54, 1.807) is 6.92 Å². The molecule has 0 saturated heterocycles. The van der Waals surface area contributed by atoms with E-state index in [-0.39, 0.29) is 60.8 Å². The zero-order valence-electron chi connectivity index (χ0n) is 19.0. The van der Waals surface area contributed by atoms with Crippen molar-refractivity contribution in [2.75, 3.05) is 26.4 Å². The molecule has 6 nitrogen and oxygen atoms in total. The van der Waals surface area contributed by atoms with Gasteiger partial charge in [0.15, 0.2) is 0 Å². The third-order valence-electron chi connectivity index (χ3n) is 5.82. The van der Waals surface area contributed by atoms with E-state index in [1.807, 2.05) is 13.8 Å². The Kier molecular flexibility index (Phi) is 7.43. The van der Waals surface area contributed by atoms with Crippen LogP contribution in [0.1, 0.15) is 50.7 Å². The number of carbonyl (C=O) groups is 2. The van der Waals surface area contributed by atoms with Gasteiger partial charge in [-0.05, 0) is 30.4 Å². The summed E-state index contributed by atoms with van der Waals surface area (Å²) in [4.78, 5) is 31.0. The van der Waals surface area contributed by atoms with Gasteiger partial charge in [0, 0.05) is 24.6 Å². The van der Waals surface area contributed by atoms with Crippen LogP contribution in [0.5, 0.6) is 0 Å². The summed E-state index contributed by atoms with van der Waals surface area (Å²) in [5.74, 6) is -2.65. The molecule has 9 heteroatoms. The number of carbonyl (C=O) groups excluding carboxylic acids is 2. The fourth-order valence-corrected chi connectivity index (χ4v) is 4.58. The summed E-state index contributed by atoms with van der Waals surface area (Å²) in [7, 11) is 0. The summed E-state index contributed by atoms with van der Waals surface area (Å²) in [6.45, 7) is 5.99. The topological polar surface area (TPSA) is 91.0 Å². The zero-order valence-corrected chi connectivity index (χ0v) is 19.0. The number of fused-ring (bicyclic) bond motifs is 1. The minimum absolute atomic E-state index is 0.0638. The lowest BCUT2D eigenvalue weighted by atomic mass is 9.63. The van der Waals surface area contributed by atoms with Gasteiger partial charge >= 0.3 is 12.1 Å². The molecule has 2 aliphatic rings. The molecule has 2 unspecified atom stereocenters. The van der Waals surface area contributed by atoms with Crippen LogP contribution in [-0.4, -0.2) is 43.8 Å². The van der Waals surface area contributed by atoms with E-state index in [0.29, 0.717) is 12.1 Å². The highest BCUT2D eigenvalue weighted by Gasteiger charge is 2.48. The molecule has 33 heavy (non-hydrogen) atoms. The van der Waals surface area contributed by atoms with Crippen molar-refractivity contribution in [1.29, 1.82) is 0 Å². The average molecular weight is 467 g/mol. The monoisotopic (exact) mass is 466 g/mol. The molecule has 0 aromatic heterocycles. The van der Waals surface area contributed by atoms with Crippen LogP contribution in [0.25, 0.3) is 0 Å². The molecule has 0 radical (unpaired) electrons. The molecule has 2 atom stereocenters. The van der Waals surface area contributed by atoms with Gasteiger partial charge in [-0.3, -0.25) is 9.79 Å². The number of nitrogens with two attached hydrogens (primary N) is 1. The molecule has 1 saturated carbocycles. The van der Waals surface area contributed by atoms with Gasteiger partial charge in [0.05, 0.1) is 42.6 Å². The minimum Gasteiger partial charge on any atom is -0.463 e. The first-order valence-electron chi connectivity index (χ1n) is 10.9. The Morgan fingerprint density at radius 2 is 1.97 bits per heavy atom. The highest BCUT2D eigenvalue weighted by Crippen LogP contribution is 2.47. The number of halogens is 3. The number of esters is 1. The molecule has 3 rings (SSSR count).